The summed E-state index contributed by atoms with van der Waals surface area (Å²) >= 11 is 0. The molecule has 2 aromatic rings. The van der Waals surface area contributed by atoms with E-state index in [1.165, 1.54) is 48.1 Å². The van der Waals surface area contributed by atoms with Crippen LogP contribution < -0.4 is 4.74 Å². The van der Waals surface area contributed by atoms with Gasteiger partial charge in [-0.2, -0.15) is 0 Å². The number of rotatable bonds is 3. The second-order valence-corrected chi connectivity index (χ2v) is 6.78. The maximum Gasteiger partial charge on any atom is 0.119 e. The van der Waals surface area contributed by atoms with Gasteiger partial charge in [0.25, 0.3) is 0 Å². The molecule has 0 radical (unpaired) electrons. The summed E-state index contributed by atoms with van der Waals surface area (Å²) in [6, 6.07) is 8.78. The SMILES string of the molecule is COc1ccc2c(c1)-c1c(ccn1C[C@@H](C)O)C21CCCC1. The number of hydrogen-bond acceptors (Lipinski definition) is 2. The molecule has 0 aliphatic heterocycles. The molecule has 1 aromatic heterocycles. The lowest BCUT2D eigenvalue weighted by molar-refractivity contribution is 0.174. The van der Waals surface area contributed by atoms with Gasteiger partial charge in [-0.05, 0) is 49.1 Å². The van der Waals surface area contributed by atoms with Crippen LogP contribution in [0.5, 0.6) is 5.75 Å². The molecule has 0 saturated heterocycles. The summed E-state index contributed by atoms with van der Waals surface area (Å²) in [5, 5.41) is 9.82. The fraction of sp³-hybridized carbons (Fsp3) is 0.474. The van der Waals surface area contributed by atoms with Gasteiger partial charge in [-0.1, -0.05) is 18.9 Å². The predicted octanol–water partition coefficient (Wildman–Crippen LogP) is 3.72. The number of hydrogen-bond donors (Lipinski definition) is 1. The topological polar surface area (TPSA) is 34.4 Å². The molecule has 3 heteroatoms. The van der Waals surface area contributed by atoms with Gasteiger partial charge >= 0.3 is 0 Å². The summed E-state index contributed by atoms with van der Waals surface area (Å²) in [5.74, 6) is 0.907. The molecule has 1 atom stereocenters. The Labute approximate surface area is 131 Å². The largest absolute Gasteiger partial charge is 0.497 e. The van der Waals surface area contributed by atoms with E-state index in [0.29, 0.717) is 6.54 Å². The van der Waals surface area contributed by atoms with E-state index in [1.54, 1.807) is 7.11 Å². The fourth-order valence-electron chi connectivity index (χ4n) is 4.52. The molecule has 0 unspecified atom stereocenters. The van der Waals surface area contributed by atoms with E-state index < -0.39 is 0 Å². The Bertz CT molecular complexity index is 708. The van der Waals surface area contributed by atoms with Gasteiger partial charge in [0.15, 0.2) is 0 Å². The van der Waals surface area contributed by atoms with E-state index in [2.05, 4.69) is 35.0 Å². The van der Waals surface area contributed by atoms with Crippen LogP contribution in [-0.4, -0.2) is 22.9 Å². The van der Waals surface area contributed by atoms with E-state index in [9.17, 15) is 5.11 Å². The van der Waals surface area contributed by atoms with Gasteiger partial charge in [0.2, 0.25) is 0 Å². The Morgan fingerprint density at radius 1 is 1.23 bits per heavy atom. The third kappa shape index (κ3) is 1.78. The summed E-state index contributed by atoms with van der Waals surface area (Å²) in [7, 11) is 1.72. The van der Waals surface area contributed by atoms with Gasteiger partial charge in [-0.25, -0.2) is 0 Å². The first-order valence-electron chi connectivity index (χ1n) is 8.22. The lowest BCUT2D eigenvalue weighted by atomic mass is 9.77. The first-order valence-corrected chi connectivity index (χ1v) is 8.22. The summed E-state index contributed by atoms with van der Waals surface area (Å²) in [4.78, 5) is 0. The zero-order valence-corrected chi connectivity index (χ0v) is 13.3. The number of ether oxygens (including phenoxy) is 1. The Kier molecular flexibility index (Phi) is 3.08. The first kappa shape index (κ1) is 13.9. The minimum absolute atomic E-state index is 0.195. The minimum atomic E-state index is -0.342. The molecule has 1 spiro atoms. The number of benzene rings is 1. The summed E-state index contributed by atoms with van der Waals surface area (Å²) in [5.41, 5.74) is 5.68. The molecule has 4 rings (SSSR count). The molecular formula is C19H23NO2. The molecule has 2 aliphatic carbocycles. The van der Waals surface area contributed by atoms with Crippen molar-refractivity contribution in [3.8, 4) is 17.0 Å². The lowest BCUT2D eigenvalue weighted by Crippen LogP contribution is -2.19. The minimum Gasteiger partial charge on any atom is -0.497 e. The van der Waals surface area contributed by atoms with E-state index in [0.717, 1.165) is 5.75 Å². The molecule has 2 aliphatic rings. The van der Waals surface area contributed by atoms with Crippen molar-refractivity contribution in [2.24, 2.45) is 0 Å². The van der Waals surface area contributed by atoms with Gasteiger partial charge in [-0.3, -0.25) is 0 Å². The molecule has 1 aromatic carbocycles. The number of aliphatic hydroxyl groups is 1. The smallest absolute Gasteiger partial charge is 0.119 e. The van der Waals surface area contributed by atoms with E-state index in [-0.39, 0.29) is 11.5 Å². The average Bonchev–Trinajstić information content (AvgIpc) is 3.18. The molecule has 3 nitrogen and oxygen atoms in total. The first-order chi connectivity index (χ1) is 10.7. The zero-order chi connectivity index (χ0) is 15.3. The van der Waals surface area contributed by atoms with Crippen molar-refractivity contribution < 1.29 is 9.84 Å². The summed E-state index contributed by atoms with van der Waals surface area (Å²) in [6.45, 7) is 2.49. The Morgan fingerprint density at radius 3 is 2.68 bits per heavy atom. The molecule has 1 heterocycles. The normalized spacial score (nSPS) is 19.2. The van der Waals surface area contributed by atoms with Crippen LogP contribution in [0.1, 0.15) is 43.7 Å². The molecule has 0 amide bonds. The van der Waals surface area contributed by atoms with Crippen molar-refractivity contribution in [3.05, 3.63) is 41.6 Å². The molecule has 22 heavy (non-hydrogen) atoms. The van der Waals surface area contributed by atoms with Crippen molar-refractivity contribution in [2.75, 3.05) is 7.11 Å². The highest BCUT2D eigenvalue weighted by Gasteiger charge is 2.46. The summed E-state index contributed by atoms with van der Waals surface area (Å²) < 4.78 is 7.66. The second kappa shape index (κ2) is 4.88. The van der Waals surface area contributed by atoms with Crippen LogP contribution in [0.2, 0.25) is 0 Å². The third-order valence-corrected chi connectivity index (χ3v) is 5.39. The van der Waals surface area contributed by atoms with Crippen molar-refractivity contribution in [1.29, 1.82) is 0 Å². The highest BCUT2D eigenvalue weighted by atomic mass is 16.5. The highest BCUT2D eigenvalue weighted by Crippen LogP contribution is 2.57. The van der Waals surface area contributed by atoms with Gasteiger partial charge in [-0.15, -0.1) is 0 Å². The van der Waals surface area contributed by atoms with Gasteiger partial charge in [0, 0.05) is 23.7 Å². The standard InChI is InChI=1S/C19H23NO2/c1-13(21)12-20-10-7-17-18(20)15-11-14(22-2)5-6-16(15)19(17)8-3-4-9-19/h5-7,10-11,13,21H,3-4,8-9,12H2,1-2H3/t13-/m1/s1. The van der Waals surface area contributed by atoms with Crippen molar-refractivity contribution in [1.82, 2.24) is 4.57 Å². The average molecular weight is 297 g/mol. The van der Waals surface area contributed by atoms with Crippen LogP contribution >= 0.6 is 0 Å². The van der Waals surface area contributed by atoms with Crippen molar-refractivity contribution in [2.45, 2.75) is 50.7 Å². The zero-order valence-electron chi connectivity index (χ0n) is 13.3. The van der Waals surface area contributed by atoms with Crippen LogP contribution in [-0.2, 0) is 12.0 Å². The molecule has 0 bridgehead atoms. The number of aliphatic hydroxyl groups excluding tert-OH is 1. The Morgan fingerprint density at radius 2 is 2.00 bits per heavy atom. The molecular weight excluding hydrogens is 274 g/mol. The maximum atomic E-state index is 9.82. The summed E-state index contributed by atoms with van der Waals surface area (Å²) in [6.07, 6.45) is 6.86. The lowest BCUT2D eigenvalue weighted by Gasteiger charge is -2.25. The van der Waals surface area contributed by atoms with Gasteiger partial charge < -0.3 is 14.4 Å². The van der Waals surface area contributed by atoms with Gasteiger partial charge in [0.05, 0.1) is 18.9 Å². The van der Waals surface area contributed by atoms with Crippen LogP contribution in [0.4, 0.5) is 0 Å². The number of nitrogens with zero attached hydrogens (tertiary/aromatic N) is 1. The number of aromatic nitrogens is 1. The molecule has 1 fully saturated rings. The van der Waals surface area contributed by atoms with Crippen molar-refractivity contribution >= 4 is 0 Å². The van der Waals surface area contributed by atoms with Crippen molar-refractivity contribution in [3.63, 3.8) is 0 Å². The van der Waals surface area contributed by atoms with E-state index in [1.807, 2.05) is 6.92 Å². The molecule has 1 N–H and O–H groups in total. The van der Waals surface area contributed by atoms with E-state index >= 15 is 0 Å². The predicted molar refractivity (Wildman–Crippen MR) is 87.3 cm³/mol. The fourth-order valence-corrected chi connectivity index (χ4v) is 4.52. The second-order valence-electron chi connectivity index (χ2n) is 6.78. The van der Waals surface area contributed by atoms with Crippen LogP contribution in [0.3, 0.4) is 0 Å². The maximum absolute atomic E-state index is 9.82. The number of fused-ring (bicyclic) bond motifs is 5. The molecule has 1 saturated carbocycles. The van der Waals surface area contributed by atoms with Crippen LogP contribution in [0.25, 0.3) is 11.3 Å². The van der Waals surface area contributed by atoms with Crippen LogP contribution in [0, 0.1) is 0 Å². The Hall–Kier alpha value is -1.74. The third-order valence-electron chi connectivity index (χ3n) is 5.39. The van der Waals surface area contributed by atoms with Crippen LogP contribution in [0.15, 0.2) is 30.5 Å². The monoisotopic (exact) mass is 297 g/mol. The number of methoxy groups -OCH3 is 1. The quantitative estimate of drug-likeness (QED) is 0.937. The highest BCUT2D eigenvalue weighted by molar-refractivity contribution is 5.80. The Balaban J connectivity index is 1.94. The van der Waals surface area contributed by atoms with Gasteiger partial charge in [0.1, 0.15) is 5.75 Å². The van der Waals surface area contributed by atoms with E-state index in [4.69, 9.17) is 4.74 Å². The molecule has 116 valence electrons.